The quantitative estimate of drug-likeness (QED) is 0.477. The summed E-state index contributed by atoms with van der Waals surface area (Å²) in [7, 11) is 0. The zero-order chi connectivity index (χ0) is 15.6. The molecule has 0 atom stereocenters. The highest BCUT2D eigenvalue weighted by molar-refractivity contribution is 9.10. The lowest BCUT2D eigenvalue weighted by Gasteiger charge is -2.12. The number of halogens is 4. The summed E-state index contributed by atoms with van der Waals surface area (Å²) >= 11 is 8.83. The predicted octanol–water partition coefficient (Wildman–Crippen LogP) is 4.24. The van der Waals surface area contributed by atoms with Crippen molar-refractivity contribution in [1.82, 2.24) is 0 Å². The van der Waals surface area contributed by atoms with Gasteiger partial charge in [-0.1, -0.05) is 11.6 Å². The van der Waals surface area contributed by atoms with E-state index in [9.17, 15) is 8.78 Å². The number of rotatable bonds is 4. The Morgan fingerprint density at radius 1 is 1.29 bits per heavy atom. The average molecular weight is 376 g/mol. The van der Waals surface area contributed by atoms with Gasteiger partial charge in [-0.3, -0.25) is 5.41 Å². The summed E-state index contributed by atoms with van der Waals surface area (Å²) < 4.78 is 33.0. The average Bonchev–Trinajstić information content (AvgIpc) is 2.43. The first kappa shape index (κ1) is 15.7. The van der Waals surface area contributed by atoms with Crippen molar-refractivity contribution < 1.29 is 13.5 Å². The number of hydrogen-bond acceptors (Lipinski definition) is 2. The molecule has 2 aromatic rings. The van der Waals surface area contributed by atoms with Crippen LogP contribution in [0.1, 0.15) is 11.1 Å². The van der Waals surface area contributed by atoms with E-state index in [1.54, 1.807) is 6.07 Å². The Labute approximate surface area is 133 Å². The van der Waals surface area contributed by atoms with Crippen LogP contribution in [0.15, 0.2) is 34.8 Å². The second-order valence-electron chi connectivity index (χ2n) is 4.16. The lowest BCUT2D eigenvalue weighted by Crippen LogP contribution is -2.13. The number of ether oxygens (including phenoxy) is 1. The van der Waals surface area contributed by atoms with E-state index in [1.807, 2.05) is 0 Å². The molecule has 0 fully saturated rings. The summed E-state index contributed by atoms with van der Waals surface area (Å²) in [4.78, 5) is 0. The normalized spacial score (nSPS) is 10.5. The van der Waals surface area contributed by atoms with E-state index in [-0.39, 0.29) is 28.2 Å². The zero-order valence-electron chi connectivity index (χ0n) is 10.6. The summed E-state index contributed by atoms with van der Waals surface area (Å²) in [5.74, 6) is -1.49. The molecule has 0 saturated heterocycles. The summed E-state index contributed by atoms with van der Waals surface area (Å²) in [5, 5.41) is 7.81. The highest BCUT2D eigenvalue weighted by atomic mass is 79.9. The van der Waals surface area contributed by atoms with Crippen molar-refractivity contribution in [2.45, 2.75) is 6.61 Å². The highest BCUT2D eigenvalue weighted by Crippen LogP contribution is 2.26. The number of benzene rings is 2. The fourth-order valence-corrected chi connectivity index (χ4v) is 2.22. The van der Waals surface area contributed by atoms with E-state index in [0.717, 1.165) is 6.07 Å². The number of nitrogens with two attached hydrogens (primary N) is 1. The Kier molecular flexibility index (Phi) is 4.80. The van der Waals surface area contributed by atoms with Crippen molar-refractivity contribution in [1.29, 1.82) is 5.41 Å². The van der Waals surface area contributed by atoms with Gasteiger partial charge in [0, 0.05) is 5.02 Å². The Morgan fingerprint density at radius 2 is 2.00 bits per heavy atom. The van der Waals surface area contributed by atoms with Crippen molar-refractivity contribution in [3.8, 4) is 5.75 Å². The van der Waals surface area contributed by atoms with Crippen LogP contribution < -0.4 is 10.5 Å². The van der Waals surface area contributed by atoms with Gasteiger partial charge in [0.15, 0.2) is 0 Å². The van der Waals surface area contributed by atoms with Gasteiger partial charge < -0.3 is 10.5 Å². The molecule has 0 heterocycles. The molecule has 3 nitrogen and oxygen atoms in total. The molecule has 3 N–H and O–H groups in total. The van der Waals surface area contributed by atoms with Gasteiger partial charge in [0.1, 0.15) is 29.8 Å². The molecule has 0 bridgehead atoms. The maximum Gasteiger partial charge on any atom is 0.146 e. The first-order chi connectivity index (χ1) is 9.90. The van der Waals surface area contributed by atoms with Crippen molar-refractivity contribution >= 4 is 33.4 Å². The minimum Gasteiger partial charge on any atom is -0.488 e. The van der Waals surface area contributed by atoms with E-state index in [4.69, 9.17) is 27.5 Å². The van der Waals surface area contributed by atoms with E-state index in [0.29, 0.717) is 10.6 Å². The molecular formula is C14H10BrClF2N2O. The van der Waals surface area contributed by atoms with Gasteiger partial charge >= 0.3 is 0 Å². The molecule has 0 aliphatic rings. The third kappa shape index (κ3) is 3.51. The molecule has 0 spiro atoms. The Bertz CT molecular complexity index is 710. The van der Waals surface area contributed by atoms with Crippen LogP contribution in [0, 0.1) is 17.0 Å². The van der Waals surface area contributed by atoms with Crippen LogP contribution in [0.5, 0.6) is 5.75 Å². The Morgan fingerprint density at radius 3 is 2.67 bits per heavy atom. The molecule has 7 heteroatoms. The van der Waals surface area contributed by atoms with Gasteiger partial charge in [0.05, 0.1) is 15.6 Å². The lowest BCUT2D eigenvalue weighted by molar-refractivity contribution is 0.291. The first-order valence-electron chi connectivity index (χ1n) is 5.79. The van der Waals surface area contributed by atoms with Gasteiger partial charge in [-0.05, 0) is 46.3 Å². The smallest absolute Gasteiger partial charge is 0.146 e. The molecule has 0 saturated carbocycles. The van der Waals surface area contributed by atoms with Crippen LogP contribution in [0.25, 0.3) is 0 Å². The van der Waals surface area contributed by atoms with Crippen molar-refractivity contribution in [2.24, 2.45) is 5.73 Å². The number of amidine groups is 1. The van der Waals surface area contributed by atoms with Crippen molar-refractivity contribution in [3.05, 3.63) is 62.6 Å². The van der Waals surface area contributed by atoms with Gasteiger partial charge in [-0.15, -0.1) is 0 Å². The molecule has 0 amide bonds. The topological polar surface area (TPSA) is 59.1 Å². The minimum atomic E-state index is -0.735. The van der Waals surface area contributed by atoms with Gasteiger partial charge in [0.25, 0.3) is 0 Å². The number of hydrogen-bond donors (Lipinski definition) is 2. The van der Waals surface area contributed by atoms with Crippen LogP contribution in [0.4, 0.5) is 8.78 Å². The van der Waals surface area contributed by atoms with E-state index in [1.165, 1.54) is 18.2 Å². The number of nitrogens with one attached hydrogen (secondary N) is 1. The molecular weight excluding hydrogens is 366 g/mol. The largest absolute Gasteiger partial charge is 0.488 e. The second-order valence-corrected chi connectivity index (χ2v) is 5.46. The van der Waals surface area contributed by atoms with Crippen LogP contribution in [0.2, 0.25) is 5.02 Å². The van der Waals surface area contributed by atoms with E-state index < -0.39 is 11.6 Å². The van der Waals surface area contributed by atoms with Crippen molar-refractivity contribution in [2.75, 3.05) is 0 Å². The molecule has 2 aromatic carbocycles. The van der Waals surface area contributed by atoms with E-state index in [2.05, 4.69) is 15.9 Å². The summed E-state index contributed by atoms with van der Waals surface area (Å²) in [6, 6.07) is 6.90. The van der Waals surface area contributed by atoms with Crippen molar-refractivity contribution in [3.63, 3.8) is 0 Å². The molecule has 0 aromatic heterocycles. The zero-order valence-corrected chi connectivity index (χ0v) is 12.9. The highest BCUT2D eigenvalue weighted by Gasteiger charge is 2.15. The van der Waals surface area contributed by atoms with Crippen LogP contribution in [0.3, 0.4) is 0 Å². The maximum atomic E-state index is 13.8. The van der Waals surface area contributed by atoms with Crippen LogP contribution >= 0.6 is 27.5 Å². The standard InChI is InChI=1S/C14H10BrClF2N2O/c15-10-3-4-11(17)9(13(10)18)6-21-12-5-7(16)1-2-8(12)14(19)20/h1-5H,6H2,(H3,19,20). The Balaban J connectivity index is 2.31. The van der Waals surface area contributed by atoms with Gasteiger partial charge in [-0.2, -0.15) is 0 Å². The first-order valence-corrected chi connectivity index (χ1v) is 6.96. The van der Waals surface area contributed by atoms with Gasteiger partial charge in [0.2, 0.25) is 0 Å². The fraction of sp³-hybridized carbons (Fsp3) is 0.0714. The molecule has 0 unspecified atom stereocenters. The van der Waals surface area contributed by atoms with Crippen LogP contribution in [-0.4, -0.2) is 5.84 Å². The molecule has 21 heavy (non-hydrogen) atoms. The van der Waals surface area contributed by atoms with Gasteiger partial charge in [-0.25, -0.2) is 8.78 Å². The molecule has 0 aliphatic heterocycles. The third-order valence-electron chi connectivity index (χ3n) is 2.74. The third-order valence-corrected chi connectivity index (χ3v) is 3.59. The maximum absolute atomic E-state index is 13.8. The molecule has 110 valence electrons. The molecule has 0 aliphatic carbocycles. The summed E-state index contributed by atoms with van der Waals surface area (Å²) in [5.41, 5.74) is 5.50. The Hall–Kier alpha value is -1.66. The second kappa shape index (κ2) is 6.41. The number of nitrogen functional groups attached to an aromatic ring is 1. The molecule has 2 rings (SSSR count). The predicted molar refractivity (Wildman–Crippen MR) is 80.9 cm³/mol. The lowest BCUT2D eigenvalue weighted by atomic mass is 10.1. The van der Waals surface area contributed by atoms with Crippen LogP contribution in [-0.2, 0) is 6.61 Å². The summed E-state index contributed by atoms with van der Waals surface area (Å²) in [6.07, 6.45) is 0. The minimum absolute atomic E-state index is 0.139. The fourth-order valence-electron chi connectivity index (χ4n) is 1.69. The SMILES string of the molecule is N=C(N)c1ccc(Cl)cc1OCc1c(F)ccc(Br)c1F. The van der Waals surface area contributed by atoms with E-state index >= 15 is 0 Å². The molecule has 0 radical (unpaired) electrons. The summed E-state index contributed by atoms with van der Waals surface area (Å²) in [6.45, 7) is -0.349. The monoisotopic (exact) mass is 374 g/mol.